The summed E-state index contributed by atoms with van der Waals surface area (Å²) in [6, 6.07) is 2.46. The Balaban J connectivity index is 3.26. The molecule has 1 aromatic carbocycles. The van der Waals surface area contributed by atoms with Gasteiger partial charge in [0.05, 0.1) is 5.56 Å². The molecular formula is C10H6F6O. The third kappa shape index (κ3) is 2.42. The predicted octanol–water partition coefficient (Wildman–Crippen LogP) is 3.51. The van der Waals surface area contributed by atoms with Gasteiger partial charge in [0.15, 0.2) is 0 Å². The topological polar surface area (TPSA) is 17.1 Å². The number of aryl methyl sites for hydroxylation is 1. The Morgan fingerprint density at radius 2 is 1.65 bits per heavy atom. The zero-order valence-electron chi connectivity index (χ0n) is 8.41. The highest BCUT2D eigenvalue weighted by molar-refractivity contribution is 6.02. The van der Waals surface area contributed by atoms with Crippen molar-refractivity contribution in [2.24, 2.45) is 0 Å². The lowest BCUT2D eigenvalue weighted by atomic mass is 10.0. The monoisotopic (exact) mass is 256 g/mol. The van der Waals surface area contributed by atoms with Gasteiger partial charge in [-0.2, -0.15) is 22.0 Å². The van der Waals surface area contributed by atoms with Crippen molar-refractivity contribution < 1.29 is 31.1 Å². The molecule has 0 amide bonds. The zero-order chi connectivity index (χ0) is 13.4. The van der Waals surface area contributed by atoms with Gasteiger partial charge in [-0.25, -0.2) is 4.39 Å². The fraction of sp³-hybridized carbons (Fsp3) is 0.300. The van der Waals surface area contributed by atoms with E-state index < -0.39 is 29.3 Å². The lowest BCUT2D eigenvalue weighted by Gasteiger charge is -2.18. The quantitative estimate of drug-likeness (QED) is 0.584. The van der Waals surface area contributed by atoms with Crippen molar-refractivity contribution in [1.29, 1.82) is 0 Å². The van der Waals surface area contributed by atoms with Crippen LogP contribution in [0.3, 0.4) is 0 Å². The van der Waals surface area contributed by atoms with Crippen molar-refractivity contribution in [1.82, 2.24) is 0 Å². The van der Waals surface area contributed by atoms with Crippen LogP contribution in [0.5, 0.6) is 0 Å². The van der Waals surface area contributed by atoms with Gasteiger partial charge in [0.1, 0.15) is 5.82 Å². The number of Topliss-reactive ketones (excluding diaryl/α,β-unsaturated/α-hetero) is 1. The molecule has 0 fully saturated rings. The van der Waals surface area contributed by atoms with Crippen molar-refractivity contribution >= 4 is 5.78 Å². The fourth-order valence-corrected chi connectivity index (χ4v) is 1.11. The molecule has 17 heavy (non-hydrogen) atoms. The average molecular weight is 256 g/mol. The molecule has 0 atom stereocenters. The maximum absolute atomic E-state index is 13.0. The maximum atomic E-state index is 13.0. The summed E-state index contributed by atoms with van der Waals surface area (Å²) in [4.78, 5) is 11.0. The maximum Gasteiger partial charge on any atom is 0.461 e. The molecule has 0 aliphatic heterocycles. The minimum Gasteiger partial charge on any atom is -0.287 e. The van der Waals surface area contributed by atoms with Crippen LogP contribution in [-0.2, 0) is 0 Å². The summed E-state index contributed by atoms with van der Waals surface area (Å²) in [5.74, 6) is -9.60. The SMILES string of the molecule is Cc1ccc(F)c(C(=O)C(F)(F)C(F)(F)F)c1. The zero-order valence-corrected chi connectivity index (χ0v) is 8.41. The lowest BCUT2D eigenvalue weighted by Crippen LogP contribution is -2.44. The smallest absolute Gasteiger partial charge is 0.287 e. The Labute approximate surface area is 92.0 Å². The highest BCUT2D eigenvalue weighted by atomic mass is 19.4. The fourth-order valence-electron chi connectivity index (χ4n) is 1.11. The van der Waals surface area contributed by atoms with Crippen LogP contribution in [0.1, 0.15) is 15.9 Å². The van der Waals surface area contributed by atoms with Crippen LogP contribution in [-0.4, -0.2) is 17.9 Å². The standard InChI is InChI=1S/C10H6F6O/c1-5-2-3-7(11)6(4-5)8(17)9(12,13)10(14,15)16/h2-4H,1H3. The summed E-state index contributed by atoms with van der Waals surface area (Å²) in [6.45, 7) is 1.34. The third-order valence-corrected chi connectivity index (χ3v) is 2.01. The first kappa shape index (κ1) is 13.5. The molecule has 0 aliphatic rings. The first-order valence-corrected chi connectivity index (χ1v) is 4.33. The number of carbonyl (C=O) groups excluding carboxylic acids is 1. The van der Waals surface area contributed by atoms with Crippen LogP contribution < -0.4 is 0 Å². The second-order valence-electron chi connectivity index (χ2n) is 3.38. The highest BCUT2D eigenvalue weighted by Gasteiger charge is 2.63. The average Bonchev–Trinajstić information content (AvgIpc) is 2.19. The number of benzene rings is 1. The molecular weight excluding hydrogens is 250 g/mol. The van der Waals surface area contributed by atoms with E-state index >= 15 is 0 Å². The molecule has 94 valence electrons. The molecule has 0 spiro atoms. The first-order valence-electron chi connectivity index (χ1n) is 4.33. The van der Waals surface area contributed by atoms with Gasteiger partial charge in [0, 0.05) is 0 Å². The third-order valence-electron chi connectivity index (χ3n) is 2.01. The Morgan fingerprint density at radius 3 is 2.12 bits per heavy atom. The summed E-state index contributed by atoms with van der Waals surface area (Å²) < 4.78 is 74.1. The molecule has 0 aliphatic carbocycles. The number of hydrogen-bond donors (Lipinski definition) is 0. The van der Waals surface area contributed by atoms with Gasteiger partial charge < -0.3 is 0 Å². The molecule has 0 aromatic heterocycles. The van der Waals surface area contributed by atoms with Crippen LogP contribution in [0.15, 0.2) is 18.2 Å². The van der Waals surface area contributed by atoms with E-state index in [-0.39, 0.29) is 5.56 Å². The molecule has 0 radical (unpaired) electrons. The van der Waals surface area contributed by atoms with Crippen LogP contribution in [0.25, 0.3) is 0 Å². The predicted molar refractivity (Wildman–Crippen MR) is 46.5 cm³/mol. The van der Waals surface area contributed by atoms with E-state index in [9.17, 15) is 31.1 Å². The Kier molecular flexibility index (Phi) is 3.22. The van der Waals surface area contributed by atoms with E-state index in [0.29, 0.717) is 12.1 Å². The minimum atomic E-state index is -6.04. The minimum absolute atomic E-state index is 0.202. The summed E-state index contributed by atoms with van der Waals surface area (Å²) in [5.41, 5.74) is -1.07. The van der Waals surface area contributed by atoms with Gasteiger partial charge in [-0.1, -0.05) is 11.6 Å². The largest absolute Gasteiger partial charge is 0.461 e. The van der Waals surface area contributed by atoms with Gasteiger partial charge in [-0.05, 0) is 19.1 Å². The number of ketones is 1. The Hall–Kier alpha value is -1.53. The van der Waals surface area contributed by atoms with E-state index in [1.54, 1.807) is 0 Å². The van der Waals surface area contributed by atoms with Gasteiger partial charge in [-0.3, -0.25) is 4.79 Å². The normalized spacial score (nSPS) is 12.6. The molecule has 7 heteroatoms. The van der Waals surface area contributed by atoms with Crippen molar-refractivity contribution in [3.8, 4) is 0 Å². The molecule has 0 N–H and O–H groups in total. The van der Waals surface area contributed by atoms with E-state index in [1.807, 2.05) is 0 Å². The van der Waals surface area contributed by atoms with E-state index in [1.165, 1.54) is 6.92 Å². The number of carbonyl (C=O) groups is 1. The van der Waals surface area contributed by atoms with Crippen LogP contribution in [0.4, 0.5) is 26.3 Å². The number of halogens is 6. The van der Waals surface area contributed by atoms with Crippen LogP contribution in [0, 0.1) is 12.7 Å². The molecule has 1 nitrogen and oxygen atoms in total. The van der Waals surface area contributed by atoms with E-state index in [2.05, 4.69) is 0 Å². The number of hydrogen-bond acceptors (Lipinski definition) is 1. The molecule has 0 heterocycles. The summed E-state index contributed by atoms with van der Waals surface area (Å²) in [6.07, 6.45) is -6.04. The number of rotatable bonds is 2. The first-order chi connectivity index (χ1) is 7.57. The Morgan fingerprint density at radius 1 is 1.12 bits per heavy atom. The van der Waals surface area contributed by atoms with Crippen LogP contribution in [0.2, 0.25) is 0 Å². The number of alkyl halides is 5. The molecule has 1 rings (SSSR count). The molecule has 0 saturated carbocycles. The van der Waals surface area contributed by atoms with Gasteiger partial charge in [-0.15, -0.1) is 0 Å². The second kappa shape index (κ2) is 4.05. The van der Waals surface area contributed by atoms with Gasteiger partial charge in [0.25, 0.3) is 0 Å². The van der Waals surface area contributed by atoms with Crippen molar-refractivity contribution in [2.75, 3.05) is 0 Å². The molecule has 1 aromatic rings. The lowest BCUT2D eigenvalue weighted by molar-refractivity contribution is -0.255. The van der Waals surface area contributed by atoms with Crippen molar-refractivity contribution in [3.05, 3.63) is 35.1 Å². The Bertz CT molecular complexity index is 449. The summed E-state index contributed by atoms with van der Waals surface area (Å²) in [5, 5.41) is 0. The van der Waals surface area contributed by atoms with E-state index in [0.717, 1.165) is 6.07 Å². The van der Waals surface area contributed by atoms with Crippen molar-refractivity contribution in [3.63, 3.8) is 0 Å². The van der Waals surface area contributed by atoms with Crippen LogP contribution >= 0.6 is 0 Å². The van der Waals surface area contributed by atoms with Crippen molar-refractivity contribution in [2.45, 2.75) is 19.0 Å². The van der Waals surface area contributed by atoms with Gasteiger partial charge >= 0.3 is 12.1 Å². The summed E-state index contributed by atoms with van der Waals surface area (Å²) >= 11 is 0. The van der Waals surface area contributed by atoms with Gasteiger partial charge in [0.2, 0.25) is 5.78 Å². The second-order valence-corrected chi connectivity index (χ2v) is 3.38. The summed E-state index contributed by atoms with van der Waals surface area (Å²) in [7, 11) is 0. The molecule has 0 saturated heterocycles. The molecule has 0 unspecified atom stereocenters. The highest BCUT2D eigenvalue weighted by Crippen LogP contribution is 2.38. The van der Waals surface area contributed by atoms with E-state index in [4.69, 9.17) is 0 Å². The molecule has 0 bridgehead atoms.